The van der Waals surface area contributed by atoms with Gasteiger partial charge < -0.3 is 19.7 Å². The van der Waals surface area contributed by atoms with Crippen molar-refractivity contribution in [1.29, 1.82) is 0 Å². The summed E-state index contributed by atoms with van der Waals surface area (Å²) in [6.07, 6.45) is 0. The van der Waals surface area contributed by atoms with Crippen LogP contribution in [0.5, 0.6) is 11.5 Å². The second-order valence-electron chi connectivity index (χ2n) is 2.48. The van der Waals surface area contributed by atoms with E-state index in [-0.39, 0.29) is 22.6 Å². The molecule has 0 unspecified atom stereocenters. The number of methoxy groups -OCH3 is 2. The predicted octanol–water partition coefficient (Wildman–Crippen LogP) is 0.688. The Bertz CT molecular complexity index is 395. The van der Waals surface area contributed by atoms with Crippen LogP contribution in [-0.2, 0) is 13.1 Å². The highest BCUT2D eigenvalue weighted by molar-refractivity contribution is 5.46. The lowest BCUT2D eigenvalue weighted by molar-refractivity contribution is 0.264. The molecule has 0 aliphatic heterocycles. The second-order valence-corrected chi connectivity index (χ2v) is 2.48. The number of aliphatic hydroxyl groups is 2. The van der Waals surface area contributed by atoms with Crippen LogP contribution >= 0.6 is 0 Å². The van der Waals surface area contributed by atoms with E-state index in [4.69, 9.17) is 15.0 Å². The van der Waals surface area contributed by atoms with E-state index in [0.717, 1.165) is 12.1 Å². The third-order valence-electron chi connectivity index (χ3n) is 1.76. The molecule has 0 radical (unpaired) electrons. The van der Waals surface area contributed by atoms with Gasteiger partial charge in [-0.15, -0.1) is 0 Å². The molecular formula is C10H14O4. The van der Waals surface area contributed by atoms with Crippen molar-refractivity contribution in [2.24, 2.45) is 0 Å². The molecule has 1 aromatic carbocycles. The average molecular weight is 202 g/mol. The monoisotopic (exact) mass is 202 g/mol. The van der Waals surface area contributed by atoms with E-state index in [9.17, 15) is 10.2 Å². The van der Waals surface area contributed by atoms with Crippen molar-refractivity contribution in [3.63, 3.8) is 0 Å². The molecule has 0 spiro atoms. The van der Waals surface area contributed by atoms with Gasteiger partial charge in [0, 0.05) is 11.1 Å². The maximum Gasteiger partial charge on any atom is 0.125 e. The van der Waals surface area contributed by atoms with Crippen LogP contribution in [0, 0.1) is 0 Å². The fourth-order valence-corrected chi connectivity index (χ4v) is 1.07. The smallest absolute Gasteiger partial charge is 0.125 e. The topological polar surface area (TPSA) is 58.9 Å². The first-order valence-corrected chi connectivity index (χ1v) is 3.83. The summed E-state index contributed by atoms with van der Waals surface area (Å²) in [6.45, 7) is -5.33. The normalized spacial score (nSPS) is 16.3. The van der Waals surface area contributed by atoms with Crippen LogP contribution in [0.3, 0.4) is 0 Å². The molecule has 1 rings (SSSR count). The van der Waals surface area contributed by atoms with Crippen molar-refractivity contribution in [2.45, 2.75) is 13.1 Å². The zero-order valence-corrected chi connectivity index (χ0v) is 7.87. The van der Waals surface area contributed by atoms with E-state index in [0.29, 0.717) is 0 Å². The van der Waals surface area contributed by atoms with E-state index < -0.39 is 13.1 Å². The van der Waals surface area contributed by atoms with Gasteiger partial charge in [0.2, 0.25) is 0 Å². The first-order valence-electron chi connectivity index (χ1n) is 5.83. The van der Waals surface area contributed by atoms with Gasteiger partial charge in [-0.25, -0.2) is 0 Å². The van der Waals surface area contributed by atoms with Gasteiger partial charge in [0.15, 0.2) is 0 Å². The SMILES string of the molecule is [2H]C([2H])(O)c1cc(OC)c(C([2H])([2H])O)cc1OC. The summed E-state index contributed by atoms with van der Waals surface area (Å²) in [6, 6.07) is 2.17. The number of hydrogen-bond acceptors (Lipinski definition) is 4. The van der Waals surface area contributed by atoms with Gasteiger partial charge in [-0.3, -0.25) is 0 Å². The minimum atomic E-state index is -2.67. The molecule has 0 aliphatic carbocycles. The third kappa shape index (κ3) is 1.97. The molecule has 0 atom stereocenters. The molecule has 14 heavy (non-hydrogen) atoms. The highest BCUT2D eigenvalue weighted by Gasteiger charge is 2.09. The zero-order chi connectivity index (χ0) is 14.1. The second kappa shape index (κ2) is 4.83. The van der Waals surface area contributed by atoms with Gasteiger partial charge in [-0.05, 0) is 12.1 Å². The van der Waals surface area contributed by atoms with Gasteiger partial charge in [0.1, 0.15) is 11.5 Å². The van der Waals surface area contributed by atoms with Crippen LogP contribution in [0.1, 0.15) is 16.6 Å². The molecule has 0 fully saturated rings. The lowest BCUT2D eigenvalue weighted by Gasteiger charge is -2.12. The molecule has 0 amide bonds. The molecule has 0 aliphatic rings. The van der Waals surface area contributed by atoms with Crippen molar-refractivity contribution >= 4 is 0 Å². The Labute approximate surface area is 88.3 Å². The Morgan fingerprint density at radius 3 is 1.64 bits per heavy atom. The van der Waals surface area contributed by atoms with Gasteiger partial charge in [0.05, 0.1) is 32.8 Å². The summed E-state index contributed by atoms with van der Waals surface area (Å²) in [5, 5.41) is 18.7. The summed E-state index contributed by atoms with van der Waals surface area (Å²) in [7, 11) is 2.49. The van der Waals surface area contributed by atoms with Crippen LogP contribution in [-0.4, -0.2) is 24.4 Å². The van der Waals surface area contributed by atoms with Crippen LogP contribution in [0.4, 0.5) is 0 Å². The highest BCUT2D eigenvalue weighted by atomic mass is 16.5. The van der Waals surface area contributed by atoms with Crippen LogP contribution < -0.4 is 9.47 Å². The number of ether oxygens (including phenoxy) is 2. The van der Waals surface area contributed by atoms with Crippen molar-refractivity contribution in [3.8, 4) is 11.5 Å². The van der Waals surface area contributed by atoms with E-state index in [2.05, 4.69) is 0 Å². The number of benzene rings is 1. The molecule has 4 nitrogen and oxygen atoms in total. The largest absolute Gasteiger partial charge is 0.496 e. The fraction of sp³-hybridized carbons (Fsp3) is 0.400. The standard InChI is InChI=1S/C10H14O4/c1-13-9-3-8(6-12)10(14-2)4-7(9)5-11/h3-4,11-12H,5-6H2,1-2H3/i5D2,6D2. The first-order chi connectivity index (χ1) is 8.11. The van der Waals surface area contributed by atoms with Crippen molar-refractivity contribution in [3.05, 3.63) is 23.3 Å². The Morgan fingerprint density at radius 1 is 1.07 bits per heavy atom. The molecule has 0 bridgehead atoms. The number of hydrogen-bond donors (Lipinski definition) is 2. The molecular weight excluding hydrogens is 184 g/mol. The van der Waals surface area contributed by atoms with Gasteiger partial charge in [-0.1, -0.05) is 0 Å². The third-order valence-corrected chi connectivity index (χ3v) is 1.76. The Hall–Kier alpha value is -1.26. The van der Waals surface area contributed by atoms with E-state index in [1.165, 1.54) is 14.2 Å². The summed E-state index contributed by atoms with van der Waals surface area (Å²) in [5.41, 5.74) is -0.426. The molecule has 78 valence electrons. The highest BCUT2D eigenvalue weighted by Crippen LogP contribution is 2.28. The Balaban J connectivity index is 3.52. The van der Waals surface area contributed by atoms with Crippen LogP contribution in [0.15, 0.2) is 12.1 Å². The van der Waals surface area contributed by atoms with E-state index in [1.807, 2.05) is 0 Å². The average Bonchev–Trinajstić information content (AvgIpc) is 2.24. The lowest BCUT2D eigenvalue weighted by atomic mass is 10.1. The van der Waals surface area contributed by atoms with Crippen molar-refractivity contribution < 1.29 is 25.2 Å². The Morgan fingerprint density at radius 2 is 1.43 bits per heavy atom. The zero-order valence-electron chi connectivity index (χ0n) is 11.9. The molecule has 4 heteroatoms. The molecule has 0 saturated carbocycles. The maximum absolute atomic E-state index is 9.36. The van der Waals surface area contributed by atoms with E-state index in [1.54, 1.807) is 0 Å². The first kappa shape index (κ1) is 6.27. The Kier molecular flexibility index (Phi) is 2.16. The minimum Gasteiger partial charge on any atom is -0.496 e. The van der Waals surface area contributed by atoms with Gasteiger partial charge in [-0.2, -0.15) is 0 Å². The summed E-state index contributed by atoms with van der Waals surface area (Å²) >= 11 is 0. The molecule has 2 N–H and O–H groups in total. The molecule has 0 saturated heterocycles. The van der Waals surface area contributed by atoms with Gasteiger partial charge in [0.25, 0.3) is 0 Å². The molecule has 1 aromatic rings. The lowest BCUT2D eigenvalue weighted by Crippen LogP contribution is -1.98. The van der Waals surface area contributed by atoms with Crippen molar-refractivity contribution in [2.75, 3.05) is 14.2 Å². The predicted molar refractivity (Wildman–Crippen MR) is 51.4 cm³/mol. The minimum absolute atomic E-state index is 0.0868. The van der Waals surface area contributed by atoms with Gasteiger partial charge >= 0.3 is 0 Å². The fourth-order valence-electron chi connectivity index (χ4n) is 1.07. The summed E-state index contributed by atoms with van der Waals surface area (Å²) in [4.78, 5) is 0. The summed E-state index contributed by atoms with van der Waals surface area (Å²) in [5.74, 6) is -0.174. The van der Waals surface area contributed by atoms with Crippen molar-refractivity contribution in [1.82, 2.24) is 0 Å². The number of rotatable bonds is 4. The van der Waals surface area contributed by atoms with E-state index >= 15 is 0 Å². The van der Waals surface area contributed by atoms with Crippen LogP contribution in [0.25, 0.3) is 0 Å². The molecule has 0 heterocycles. The maximum atomic E-state index is 9.36. The quantitative estimate of drug-likeness (QED) is 0.754. The molecule has 0 aromatic heterocycles. The van der Waals surface area contributed by atoms with Crippen LogP contribution in [0.2, 0.25) is 0 Å². The summed E-state index contributed by atoms with van der Waals surface area (Å²) < 4.78 is 38.7.